The highest BCUT2D eigenvalue weighted by molar-refractivity contribution is 9.10. The van der Waals surface area contributed by atoms with E-state index >= 15 is 0 Å². The Kier molecular flexibility index (Phi) is 4.44. The lowest BCUT2D eigenvalue weighted by molar-refractivity contribution is 0.314. The quantitative estimate of drug-likeness (QED) is 0.832. The Labute approximate surface area is 132 Å². The fourth-order valence-electron chi connectivity index (χ4n) is 2.64. The Bertz CT molecular complexity index is 570. The van der Waals surface area contributed by atoms with Gasteiger partial charge in [-0.15, -0.1) is 11.3 Å². The Morgan fingerprint density at radius 3 is 3.10 bits per heavy atom. The molecular formula is C16H18BrNOS. The van der Waals surface area contributed by atoms with Gasteiger partial charge < -0.3 is 10.1 Å². The molecular weight excluding hydrogens is 334 g/mol. The van der Waals surface area contributed by atoms with Gasteiger partial charge in [-0.1, -0.05) is 28.1 Å². The minimum absolute atomic E-state index is 0.359. The van der Waals surface area contributed by atoms with Crippen LogP contribution in [0.25, 0.3) is 0 Å². The highest BCUT2D eigenvalue weighted by atomic mass is 79.9. The van der Waals surface area contributed by atoms with E-state index in [1.165, 1.54) is 10.4 Å². The summed E-state index contributed by atoms with van der Waals surface area (Å²) in [7, 11) is 0. The van der Waals surface area contributed by atoms with Crippen molar-refractivity contribution in [3.05, 3.63) is 50.6 Å². The monoisotopic (exact) mass is 351 g/mol. The van der Waals surface area contributed by atoms with E-state index in [1.807, 2.05) is 11.3 Å². The van der Waals surface area contributed by atoms with Crippen molar-refractivity contribution in [2.45, 2.75) is 31.8 Å². The number of fused-ring (bicyclic) bond motifs is 1. The number of nitrogens with one attached hydrogen (secondary N) is 1. The summed E-state index contributed by atoms with van der Waals surface area (Å²) in [4.78, 5) is 1.38. The molecule has 2 heterocycles. The van der Waals surface area contributed by atoms with Crippen LogP contribution >= 0.6 is 27.3 Å². The molecule has 1 aliphatic heterocycles. The van der Waals surface area contributed by atoms with Gasteiger partial charge in [0, 0.05) is 27.0 Å². The molecule has 2 nitrogen and oxygen atoms in total. The highest BCUT2D eigenvalue weighted by Gasteiger charge is 2.22. The van der Waals surface area contributed by atoms with Crippen LogP contribution in [0.4, 0.5) is 0 Å². The molecule has 1 aliphatic rings. The predicted molar refractivity (Wildman–Crippen MR) is 87.5 cm³/mol. The average Bonchev–Trinajstić information content (AvgIpc) is 2.90. The molecule has 1 N–H and O–H groups in total. The van der Waals surface area contributed by atoms with Gasteiger partial charge in [0.1, 0.15) is 5.75 Å². The number of rotatable bonds is 3. The van der Waals surface area contributed by atoms with Crippen LogP contribution in [0.15, 0.2) is 40.2 Å². The number of thiophene rings is 1. The van der Waals surface area contributed by atoms with Crippen molar-refractivity contribution >= 4 is 27.3 Å². The normalized spacial score (nSPS) is 19.8. The van der Waals surface area contributed by atoms with E-state index < -0.39 is 0 Å². The fourth-order valence-corrected chi connectivity index (χ4v) is 3.72. The summed E-state index contributed by atoms with van der Waals surface area (Å²) in [5, 5.41) is 5.89. The van der Waals surface area contributed by atoms with E-state index in [-0.39, 0.29) is 0 Å². The molecule has 20 heavy (non-hydrogen) atoms. The van der Waals surface area contributed by atoms with Crippen molar-refractivity contribution in [1.82, 2.24) is 5.32 Å². The molecule has 0 amide bonds. The molecule has 0 bridgehead atoms. The standard InChI is InChI=1S/C16H18BrNOS/c1-11(16-5-3-9-20-16)18-14-4-2-8-19-15-10-12(17)6-7-13(14)15/h3,5-7,9-11,14,18H,2,4,8H2,1H3/t11-,14?/m1/s1. The Morgan fingerprint density at radius 1 is 1.40 bits per heavy atom. The number of ether oxygens (including phenoxy) is 1. The van der Waals surface area contributed by atoms with Crippen LogP contribution in [0.5, 0.6) is 5.75 Å². The zero-order valence-corrected chi connectivity index (χ0v) is 13.8. The second-order valence-electron chi connectivity index (χ2n) is 5.13. The fraction of sp³-hybridized carbons (Fsp3) is 0.375. The summed E-state index contributed by atoms with van der Waals surface area (Å²) in [5.74, 6) is 1.01. The minimum Gasteiger partial charge on any atom is -0.493 e. The topological polar surface area (TPSA) is 21.3 Å². The van der Waals surface area contributed by atoms with Crippen LogP contribution in [0.3, 0.4) is 0 Å². The van der Waals surface area contributed by atoms with Crippen LogP contribution in [0, 0.1) is 0 Å². The molecule has 0 aliphatic carbocycles. The van der Waals surface area contributed by atoms with E-state index in [9.17, 15) is 0 Å². The van der Waals surface area contributed by atoms with Gasteiger partial charge in [0.15, 0.2) is 0 Å². The van der Waals surface area contributed by atoms with Crippen LogP contribution in [0.2, 0.25) is 0 Å². The third-order valence-corrected chi connectivity index (χ3v) is 5.22. The van der Waals surface area contributed by atoms with Crippen LogP contribution in [-0.2, 0) is 0 Å². The summed E-state index contributed by atoms with van der Waals surface area (Å²) in [6, 6.07) is 11.4. The van der Waals surface area contributed by atoms with Gasteiger partial charge in [-0.05, 0) is 43.3 Å². The number of hydrogen-bond acceptors (Lipinski definition) is 3. The summed E-state index contributed by atoms with van der Waals surface area (Å²) < 4.78 is 6.94. The van der Waals surface area contributed by atoms with Gasteiger partial charge in [-0.2, -0.15) is 0 Å². The first kappa shape index (κ1) is 14.1. The molecule has 106 valence electrons. The van der Waals surface area contributed by atoms with E-state index in [4.69, 9.17) is 4.74 Å². The first-order valence-electron chi connectivity index (χ1n) is 6.96. The SMILES string of the molecule is C[C@@H](NC1CCCOc2cc(Br)ccc21)c1cccs1. The molecule has 0 spiro atoms. The number of benzene rings is 1. The summed E-state index contributed by atoms with van der Waals surface area (Å²) in [6.07, 6.45) is 2.20. The predicted octanol–water partition coefficient (Wildman–Crippen LogP) is 5.08. The minimum atomic E-state index is 0.359. The van der Waals surface area contributed by atoms with Crippen molar-refractivity contribution in [1.29, 1.82) is 0 Å². The smallest absolute Gasteiger partial charge is 0.125 e. The lowest BCUT2D eigenvalue weighted by Crippen LogP contribution is -2.23. The molecule has 3 rings (SSSR count). The van der Waals surface area contributed by atoms with Crippen LogP contribution in [0.1, 0.15) is 42.3 Å². The summed E-state index contributed by atoms with van der Waals surface area (Å²) in [5.41, 5.74) is 1.27. The maximum atomic E-state index is 5.86. The van der Waals surface area contributed by atoms with E-state index in [1.54, 1.807) is 0 Å². The lowest BCUT2D eigenvalue weighted by atomic mass is 10.0. The Hall–Kier alpha value is -0.840. The first-order valence-corrected chi connectivity index (χ1v) is 8.63. The molecule has 0 radical (unpaired) electrons. The third-order valence-electron chi connectivity index (χ3n) is 3.67. The van der Waals surface area contributed by atoms with Crippen molar-refractivity contribution in [3.63, 3.8) is 0 Å². The largest absolute Gasteiger partial charge is 0.493 e. The lowest BCUT2D eigenvalue weighted by Gasteiger charge is -2.22. The van der Waals surface area contributed by atoms with Crippen molar-refractivity contribution < 1.29 is 4.74 Å². The molecule has 0 saturated carbocycles. The molecule has 1 aromatic carbocycles. The van der Waals surface area contributed by atoms with Gasteiger partial charge in [-0.3, -0.25) is 0 Å². The molecule has 0 saturated heterocycles. The van der Waals surface area contributed by atoms with E-state index in [0.717, 1.165) is 29.7 Å². The zero-order valence-electron chi connectivity index (χ0n) is 11.4. The average molecular weight is 352 g/mol. The van der Waals surface area contributed by atoms with Gasteiger partial charge >= 0.3 is 0 Å². The maximum absolute atomic E-state index is 5.86. The first-order chi connectivity index (χ1) is 9.74. The maximum Gasteiger partial charge on any atom is 0.125 e. The van der Waals surface area contributed by atoms with Gasteiger partial charge in [0.05, 0.1) is 6.61 Å². The molecule has 1 aromatic heterocycles. The Morgan fingerprint density at radius 2 is 2.30 bits per heavy atom. The van der Waals surface area contributed by atoms with Crippen molar-refractivity contribution in [2.75, 3.05) is 6.61 Å². The number of halogens is 1. The van der Waals surface area contributed by atoms with Gasteiger partial charge in [0.2, 0.25) is 0 Å². The van der Waals surface area contributed by atoms with Crippen LogP contribution < -0.4 is 10.1 Å². The highest BCUT2D eigenvalue weighted by Crippen LogP contribution is 2.35. The second kappa shape index (κ2) is 6.29. The van der Waals surface area contributed by atoms with Gasteiger partial charge in [-0.25, -0.2) is 0 Å². The Balaban J connectivity index is 1.83. The second-order valence-corrected chi connectivity index (χ2v) is 7.02. The molecule has 4 heteroatoms. The molecule has 2 aromatic rings. The van der Waals surface area contributed by atoms with Gasteiger partial charge in [0.25, 0.3) is 0 Å². The summed E-state index contributed by atoms with van der Waals surface area (Å²) >= 11 is 5.33. The molecule has 1 unspecified atom stereocenters. The molecule has 2 atom stereocenters. The molecule has 0 fully saturated rings. The van der Waals surface area contributed by atoms with E-state index in [0.29, 0.717) is 12.1 Å². The van der Waals surface area contributed by atoms with Crippen molar-refractivity contribution in [2.24, 2.45) is 0 Å². The van der Waals surface area contributed by atoms with Crippen molar-refractivity contribution in [3.8, 4) is 5.75 Å². The van der Waals surface area contributed by atoms with Crippen LogP contribution in [-0.4, -0.2) is 6.61 Å². The third kappa shape index (κ3) is 3.08. The summed E-state index contributed by atoms with van der Waals surface area (Å²) in [6.45, 7) is 3.03. The number of hydrogen-bond donors (Lipinski definition) is 1. The zero-order chi connectivity index (χ0) is 13.9. The van der Waals surface area contributed by atoms with E-state index in [2.05, 4.69) is 63.9 Å².